The first kappa shape index (κ1) is 20.5. The van der Waals surface area contributed by atoms with Crippen LogP contribution in [0.3, 0.4) is 0 Å². The van der Waals surface area contributed by atoms with Gasteiger partial charge in [0.05, 0.1) is 6.61 Å². The normalized spacial score (nSPS) is 14.0. The van der Waals surface area contributed by atoms with Crippen LogP contribution >= 0.6 is 0 Å². The van der Waals surface area contributed by atoms with E-state index in [2.05, 4.69) is 92.0 Å². The fourth-order valence-corrected chi connectivity index (χ4v) is 3.57. The Hall–Kier alpha value is -0.586. The van der Waals surface area contributed by atoms with Gasteiger partial charge in [-0.05, 0) is 54.0 Å². The van der Waals surface area contributed by atoms with Crippen LogP contribution in [0.5, 0.6) is 5.75 Å². The number of hydrogen-bond acceptors (Lipinski definition) is 2. The molecule has 0 aliphatic heterocycles. The number of benzene rings is 1. The molecule has 1 aromatic carbocycles. The van der Waals surface area contributed by atoms with E-state index >= 15 is 0 Å². The van der Waals surface area contributed by atoms with Crippen molar-refractivity contribution in [1.29, 1.82) is 0 Å². The Morgan fingerprint density at radius 3 is 1.57 bits per heavy atom. The molecule has 0 fully saturated rings. The van der Waals surface area contributed by atoms with Crippen LogP contribution in [0.1, 0.15) is 47.1 Å². The van der Waals surface area contributed by atoms with Crippen molar-refractivity contribution in [3.8, 4) is 5.75 Å². The van der Waals surface area contributed by atoms with Crippen molar-refractivity contribution in [2.75, 3.05) is 0 Å². The molecule has 0 aromatic heterocycles. The quantitative estimate of drug-likeness (QED) is 0.556. The molecule has 0 radical (unpaired) electrons. The van der Waals surface area contributed by atoms with Crippen molar-refractivity contribution in [1.82, 2.24) is 0 Å². The maximum Gasteiger partial charge on any atom is 0.250 e. The van der Waals surface area contributed by atoms with Crippen LogP contribution in [0.25, 0.3) is 0 Å². The summed E-state index contributed by atoms with van der Waals surface area (Å²) in [7, 11) is -3.45. The van der Waals surface area contributed by atoms with E-state index in [0.717, 1.165) is 5.75 Å². The van der Waals surface area contributed by atoms with Gasteiger partial charge in [-0.1, -0.05) is 53.7 Å². The largest absolute Gasteiger partial charge is 0.544 e. The van der Waals surface area contributed by atoms with Gasteiger partial charge in [0.25, 0.3) is 0 Å². The first-order valence-electron chi connectivity index (χ1n) is 8.58. The second-order valence-electron chi connectivity index (χ2n) is 9.56. The lowest BCUT2D eigenvalue weighted by molar-refractivity contribution is 0.276. The topological polar surface area (TPSA) is 18.5 Å². The average molecular weight is 353 g/mol. The van der Waals surface area contributed by atoms with Gasteiger partial charge in [0, 0.05) is 0 Å². The van der Waals surface area contributed by atoms with Gasteiger partial charge < -0.3 is 8.85 Å². The first-order chi connectivity index (χ1) is 10.2. The van der Waals surface area contributed by atoms with Crippen LogP contribution in [0.2, 0.25) is 36.3 Å². The Balaban J connectivity index is 2.72. The van der Waals surface area contributed by atoms with Crippen LogP contribution in [-0.2, 0) is 11.0 Å². The van der Waals surface area contributed by atoms with Crippen molar-refractivity contribution >= 4 is 16.6 Å². The van der Waals surface area contributed by atoms with E-state index in [1.807, 2.05) is 0 Å². The van der Waals surface area contributed by atoms with Gasteiger partial charge in [-0.2, -0.15) is 0 Å². The van der Waals surface area contributed by atoms with E-state index in [4.69, 9.17) is 8.85 Å². The Labute approximate surface area is 145 Å². The fourth-order valence-electron chi connectivity index (χ4n) is 1.58. The zero-order chi connectivity index (χ0) is 18.1. The predicted octanol–water partition coefficient (Wildman–Crippen LogP) is 6.59. The zero-order valence-electron chi connectivity index (χ0n) is 16.8. The molecule has 4 heteroatoms. The van der Waals surface area contributed by atoms with Gasteiger partial charge in [-0.25, -0.2) is 0 Å². The summed E-state index contributed by atoms with van der Waals surface area (Å²) < 4.78 is 12.6. The summed E-state index contributed by atoms with van der Waals surface area (Å²) in [5, 5.41) is 0.468. The van der Waals surface area contributed by atoms with E-state index < -0.39 is 16.6 Å². The van der Waals surface area contributed by atoms with Crippen molar-refractivity contribution in [2.24, 2.45) is 0 Å². The van der Waals surface area contributed by atoms with Gasteiger partial charge >= 0.3 is 0 Å². The Morgan fingerprint density at radius 1 is 0.739 bits per heavy atom. The lowest BCUT2D eigenvalue weighted by atomic mass is 10.2. The summed E-state index contributed by atoms with van der Waals surface area (Å²) in [6, 6.07) is 8.45. The monoisotopic (exact) mass is 352 g/mol. The summed E-state index contributed by atoms with van der Waals surface area (Å²) in [5.74, 6) is 0.979. The smallest absolute Gasteiger partial charge is 0.250 e. The maximum atomic E-state index is 6.33. The molecule has 0 saturated carbocycles. The van der Waals surface area contributed by atoms with Crippen molar-refractivity contribution in [3.63, 3.8) is 0 Å². The maximum absolute atomic E-state index is 6.33. The van der Waals surface area contributed by atoms with Gasteiger partial charge in [0.2, 0.25) is 8.32 Å². The summed E-state index contributed by atoms with van der Waals surface area (Å²) >= 11 is 0. The van der Waals surface area contributed by atoms with Crippen LogP contribution < -0.4 is 4.43 Å². The van der Waals surface area contributed by atoms with Crippen molar-refractivity contribution in [2.45, 2.75) is 84.4 Å². The zero-order valence-corrected chi connectivity index (χ0v) is 18.8. The summed E-state index contributed by atoms with van der Waals surface area (Å²) in [4.78, 5) is 0. The fraction of sp³-hybridized carbons (Fsp3) is 0.684. The van der Waals surface area contributed by atoms with Crippen molar-refractivity contribution < 1.29 is 8.85 Å². The number of hydrogen-bond donors (Lipinski definition) is 0. The highest BCUT2D eigenvalue weighted by atomic mass is 28.4. The van der Waals surface area contributed by atoms with E-state index in [1.54, 1.807) is 0 Å². The molecule has 0 atom stereocenters. The molecule has 23 heavy (non-hydrogen) atoms. The van der Waals surface area contributed by atoms with Crippen LogP contribution in [0, 0.1) is 0 Å². The third-order valence-corrected chi connectivity index (χ3v) is 14.3. The molecule has 0 aliphatic rings. The standard InChI is InChI=1S/C19H36O2Si2/c1-18(2,3)22(7,8)20-15-16-11-13-17(14-12-16)21-23(9,10)19(4,5)6/h11-14H,15H2,1-10H3. The third kappa shape index (κ3) is 5.47. The molecule has 2 nitrogen and oxygen atoms in total. The van der Waals surface area contributed by atoms with Crippen LogP contribution in [0.4, 0.5) is 0 Å². The molecule has 1 rings (SSSR count). The highest BCUT2D eigenvalue weighted by molar-refractivity contribution is 6.75. The second-order valence-corrected chi connectivity index (χ2v) is 19.1. The molecule has 0 spiro atoms. The van der Waals surface area contributed by atoms with E-state index in [1.165, 1.54) is 5.56 Å². The molecule has 1 aromatic rings. The summed E-state index contributed by atoms with van der Waals surface area (Å²) in [5.41, 5.74) is 1.22. The molecule has 0 N–H and O–H groups in total. The van der Waals surface area contributed by atoms with Gasteiger partial charge in [0.1, 0.15) is 5.75 Å². The molecule has 0 amide bonds. The minimum atomic E-state index is -1.76. The molecule has 0 aliphatic carbocycles. The van der Waals surface area contributed by atoms with Crippen molar-refractivity contribution in [3.05, 3.63) is 29.8 Å². The lowest BCUT2D eigenvalue weighted by Gasteiger charge is -2.37. The Kier molecular flexibility index (Phi) is 5.99. The van der Waals surface area contributed by atoms with Gasteiger partial charge in [-0.3, -0.25) is 0 Å². The first-order valence-corrected chi connectivity index (χ1v) is 14.4. The Bertz CT molecular complexity index is 506. The minimum Gasteiger partial charge on any atom is -0.544 e. The number of rotatable bonds is 5. The SMILES string of the molecule is CC(C)(C)[Si](C)(C)OCc1ccc(O[Si](C)(C)C(C)(C)C)cc1. The molecular formula is C19H36O2Si2. The molecule has 0 saturated heterocycles. The molecule has 0 unspecified atom stereocenters. The Morgan fingerprint density at radius 2 is 1.17 bits per heavy atom. The van der Waals surface area contributed by atoms with Gasteiger partial charge in [-0.15, -0.1) is 0 Å². The molecule has 0 heterocycles. The predicted molar refractivity (Wildman–Crippen MR) is 106 cm³/mol. The average Bonchev–Trinajstić information content (AvgIpc) is 2.35. The van der Waals surface area contributed by atoms with E-state index in [0.29, 0.717) is 6.61 Å². The third-order valence-electron chi connectivity index (χ3n) is 5.51. The van der Waals surface area contributed by atoms with Crippen LogP contribution in [0.15, 0.2) is 24.3 Å². The summed E-state index contributed by atoms with van der Waals surface area (Å²) in [6.07, 6.45) is 0. The molecule has 0 bridgehead atoms. The van der Waals surface area contributed by atoms with E-state index in [-0.39, 0.29) is 10.1 Å². The van der Waals surface area contributed by atoms with Crippen LogP contribution in [-0.4, -0.2) is 16.6 Å². The lowest BCUT2D eigenvalue weighted by Crippen LogP contribution is -2.43. The van der Waals surface area contributed by atoms with Gasteiger partial charge in [0.15, 0.2) is 8.32 Å². The summed E-state index contributed by atoms with van der Waals surface area (Å²) in [6.45, 7) is 23.5. The molecular weight excluding hydrogens is 316 g/mol. The highest BCUT2D eigenvalue weighted by Crippen LogP contribution is 2.38. The highest BCUT2D eigenvalue weighted by Gasteiger charge is 2.39. The molecule has 132 valence electrons. The second kappa shape index (κ2) is 6.73. The minimum absolute atomic E-state index is 0.219. The van der Waals surface area contributed by atoms with E-state index in [9.17, 15) is 0 Å².